The summed E-state index contributed by atoms with van der Waals surface area (Å²) in [5.41, 5.74) is 8.42. The predicted octanol–water partition coefficient (Wildman–Crippen LogP) is 4.32. The van der Waals surface area contributed by atoms with Gasteiger partial charge in [0.25, 0.3) is 0 Å². The third-order valence-corrected chi connectivity index (χ3v) is 4.24. The van der Waals surface area contributed by atoms with Crippen LogP contribution in [0.5, 0.6) is 5.75 Å². The van der Waals surface area contributed by atoms with Crippen molar-refractivity contribution in [3.05, 3.63) is 59.9 Å². The molecule has 0 radical (unpaired) electrons. The van der Waals surface area contributed by atoms with Gasteiger partial charge in [0.2, 0.25) is 0 Å². The third kappa shape index (κ3) is 5.07. The fourth-order valence-corrected chi connectivity index (χ4v) is 2.86. The van der Waals surface area contributed by atoms with Crippen LogP contribution in [0.2, 0.25) is 0 Å². The van der Waals surface area contributed by atoms with Crippen LogP contribution in [0.25, 0.3) is 0 Å². The van der Waals surface area contributed by atoms with Gasteiger partial charge in [-0.05, 0) is 49.1 Å². The van der Waals surface area contributed by atoms with Crippen LogP contribution in [0, 0.1) is 0 Å². The van der Waals surface area contributed by atoms with E-state index in [9.17, 15) is 0 Å². The van der Waals surface area contributed by atoms with Crippen LogP contribution in [0.3, 0.4) is 0 Å². The highest BCUT2D eigenvalue weighted by molar-refractivity contribution is 5.35. The zero-order chi connectivity index (χ0) is 16.5. The van der Waals surface area contributed by atoms with Crippen LogP contribution < -0.4 is 10.5 Å². The van der Waals surface area contributed by atoms with E-state index >= 15 is 0 Å². The van der Waals surface area contributed by atoms with Crippen LogP contribution in [0.15, 0.2) is 48.8 Å². The first-order valence-corrected chi connectivity index (χ1v) is 8.63. The van der Waals surface area contributed by atoms with E-state index in [2.05, 4.69) is 43.1 Å². The molecule has 0 aliphatic heterocycles. The van der Waals surface area contributed by atoms with Crippen molar-refractivity contribution in [2.24, 2.45) is 5.73 Å². The molecule has 3 nitrogen and oxygen atoms in total. The van der Waals surface area contributed by atoms with Gasteiger partial charge < -0.3 is 10.5 Å². The van der Waals surface area contributed by atoms with Gasteiger partial charge in [0.05, 0.1) is 6.10 Å². The maximum Gasteiger partial charge on any atom is 0.122 e. The minimum atomic E-state index is 0.264. The second kappa shape index (κ2) is 9.31. The predicted molar refractivity (Wildman–Crippen MR) is 95.8 cm³/mol. The number of hydrogen-bond donors (Lipinski definition) is 1. The minimum absolute atomic E-state index is 0.264. The van der Waals surface area contributed by atoms with Gasteiger partial charge in [0.1, 0.15) is 5.75 Å². The lowest BCUT2D eigenvalue weighted by Crippen LogP contribution is -2.18. The molecule has 0 saturated heterocycles. The molecule has 0 saturated carbocycles. The van der Waals surface area contributed by atoms with E-state index in [-0.39, 0.29) is 12.0 Å². The standard InChI is InChI=1S/C20H28N2O/c1-3-8-19(4-2)23-20-11-6-5-9-16(20)13-18(14-21)17-10-7-12-22-15-17/h5-7,9-12,15,18-19H,3-4,8,13-14,21H2,1-2H3. The highest BCUT2D eigenvalue weighted by atomic mass is 16.5. The lowest BCUT2D eigenvalue weighted by atomic mass is 9.93. The number of rotatable bonds is 9. The normalized spacial score (nSPS) is 13.5. The highest BCUT2D eigenvalue weighted by Crippen LogP contribution is 2.27. The SMILES string of the molecule is CCCC(CC)Oc1ccccc1CC(CN)c1cccnc1. The van der Waals surface area contributed by atoms with E-state index in [0.29, 0.717) is 6.54 Å². The monoisotopic (exact) mass is 312 g/mol. The molecule has 0 amide bonds. The van der Waals surface area contributed by atoms with Crippen LogP contribution in [0.1, 0.15) is 50.2 Å². The second-order valence-electron chi connectivity index (χ2n) is 5.97. The molecule has 0 aliphatic carbocycles. The molecule has 124 valence electrons. The van der Waals surface area contributed by atoms with Gasteiger partial charge in [-0.25, -0.2) is 0 Å². The van der Waals surface area contributed by atoms with E-state index in [1.807, 2.05) is 18.3 Å². The van der Waals surface area contributed by atoms with Crippen molar-refractivity contribution in [1.29, 1.82) is 0 Å². The van der Waals surface area contributed by atoms with Gasteiger partial charge >= 0.3 is 0 Å². The Morgan fingerprint density at radius 1 is 1.13 bits per heavy atom. The summed E-state index contributed by atoms with van der Waals surface area (Å²) in [7, 11) is 0. The maximum absolute atomic E-state index is 6.26. The van der Waals surface area contributed by atoms with Crippen molar-refractivity contribution in [2.45, 2.75) is 51.6 Å². The molecule has 3 heteroatoms. The Morgan fingerprint density at radius 3 is 2.61 bits per heavy atom. The lowest BCUT2D eigenvalue weighted by molar-refractivity contribution is 0.183. The Labute approximate surface area is 139 Å². The summed E-state index contributed by atoms with van der Waals surface area (Å²) in [5, 5.41) is 0. The lowest BCUT2D eigenvalue weighted by Gasteiger charge is -2.21. The van der Waals surface area contributed by atoms with Crippen LogP contribution in [-0.4, -0.2) is 17.6 Å². The van der Waals surface area contributed by atoms with Gasteiger partial charge in [-0.3, -0.25) is 4.98 Å². The fourth-order valence-electron chi connectivity index (χ4n) is 2.86. The van der Waals surface area contributed by atoms with Gasteiger partial charge in [-0.15, -0.1) is 0 Å². The number of ether oxygens (including phenoxy) is 1. The summed E-state index contributed by atoms with van der Waals surface area (Å²) in [6, 6.07) is 12.4. The Bertz CT molecular complexity index is 571. The van der Waals surface area contributed by atoms with Gasteiger partial charge in [0, 0.05) is 18.3 Å². The summed E-state index contributed by atoms with van der Waals surface area (Å²) in [6.45, 7) is 4.98. The first-order valence-electron chi connectivity index (χ1n) is 8.63. The molecule has 0 spiro atoms. The van der Waals surface area contributed by atoms with Crippen molar-refractivity contribution in [3.63, 3.8) is 0 Å². The number of aromatic nitrogens is 1. The Hall–Kier alpha value is -1.87. The molecule has 0 aliphatic rings. The van der Waals surface area contributed by atoms with E-state index < -0.39 is 0 Å². The van der Waals surface area contributed by atoms with Crippen molar-refractivity contribution >= 4 is 0 Å². The van der Waals surface area contributed by atoms with Crippen molar-refractivity contribution in [2.75, 3.05) is 6.54 Å². The first-order chi connectivity index (χ1) is 11.3. The summed E-state index contributed by atoms with van der Waals surface area (Å²) >= 11 is 0. The van der Waals surface area contributed by atoms with E-state index in [0.717, 1.165) is 31.4 Å². The third-order valence-electron chi connectivity index (χ3n) is 4.24. The highest BCUT2D eigenvalue weighted by Gasteiger charge is 2.15. The molecular formula is C20H28N2O. The smallest absolute Gasteiger partial charge is 0.122 e. The summed E-state index contributed by atoms with van der Waals surface area (Å²) in [6.07, 6.45) is 8.13. The molecule has 1 aromatic carbocycles. The van der Waals surface area contributed by atoms with Gasteiger partial charge in [-0.2, -0.15) is 0 Å². The maximum atomic E-state index is 6.26. The topological polar surface area (TPSA) is 48.1 Å². The Kier molecular flexibility index (Phi) is 7.08. The summed E-state index contributed by atoms with van der Waals surface area (Å²) < 4.78 is 6.26. The number of pyridine rings is 1. The number of benzene rings is 1. The van der Waals surface area contributed by atoms with Crippen LogP contribution in [0.4, 0.5) is 0 Å². The summed E-state index contributed by atoms with van der Waals surface area (Å²) in [5.74, 6) is 1.26. The summed E-state index contributed by atoms with van der Waals surface area (Å²) in [4.78, 5) is 4.22. The quantitative estimate of drug-likeness (QED) is 0.750. The minimum Gasteiger partial charge on any atom is -0.490 e. The van der Waals surface area contributed by atoms with E-state index in [1.165, 1.54) is 11.1 Å². The molecule has 2 unspecified atom stereocenters. The van der Waals surface area contributed by atoms with Crippen LogP contribution in [-0.2, 0) is 6.42 Å². The average molecular weight is 312 g/mol. The Morgan fingerprint density at radius 2 is 1.96 bits per heavy atom. The molecular weight excluding hydrogens is 284 g/mol. The number of nitrogens with zero attached hydrogens (tertiary/aromatic N) is 1. The second-order valence-corrected chi connectivity index (χ2v) is 5.97. The Balaban J connectivity index is 2.16. The van der Waals surface area contributed by atoms with Crippen molar-refractivity contribution < 1.29 is 4.74 Å². The fraction of sp³-hybridized carbons (Fsp3) is 0.450. The van der Waals surface area contributed by atoms with Crippen molar-refractivity contribution in [3.8, 4) is 5.75 Å². The van der Waals surface area contributed by atoms with Crippen LogP contribution >= 0.6 is 0 Å². The molecule has 2 N–H and O–H groups in total. The molecule has 0 bridgehead atoms. The zero-order valence-electron chi connectivity index (χ0n) is 14.2. The van der Waals surface area contributed by atoms with E-state index in [4.69, 9.17) is 10.5 Å². The molecule has 0 fully saturated rings. The number of nitrogens with two attached hydrogens (primary N) is 1. The molecule has 1 heterocycles. The van der Waals surface area contributed by atoms with Gasteiger partial charge in [0.15, 0.2) is 0 Å². The zero-order valence-corrected chi connectivity index (χ0v) is 14.2. The molecule has 1 aromatic heterocycles. The number of para-hydroxylation sites is 1. The first kappa shape index (κ1) is 17.5. The van der Waals surface area contributed by atoms with E-state index in [1.54, 1.807) is 6.20 Å². The molecule has 2 aromatic rings. The average Bonchev–Trinajstić information content (AvgIpc) is 2.61. The number of hydrogen-bond acceptors (Lipinski definition) is 3. The largest absolute Gasteiger partial charge is 0.490 e. The molecule has 2 rings (SSSR count). The molecule has 2 atom stereocenters. The van der Waals surface area contributed by atoms with Gasteiger partial charge in [-0.1, -0.05) is 44.5 Å². The molecule has 23 heavy (non-hydrogen) atoms. The van der Waals surface area contributed by atoms with Crippen molar-refractivity contribution in [1.82, 2.24) is 4.98 Å².